The molecule has 4 rings (SSSR count). The fourth-order valence-electron chi connectivity index (χ4n) is 3.39. The Labute approximate surface area is 202 Å². The van der Waals surface area contributed by atoms with Crippen LogP contribution in [0.25, 0.3) is 0 Å². The molecular formula is C23H28N8O2S. The largest absolute Gasteiger partial charge is 0.335 e. The Hall–Kier alpha value is -3.44. The summed E-state index contributed by atoms with van der Waals surface area (Å²) >= 11 is 1.35. The van der Waals surface area contributed by atoms with Crippen LogP contribution in [0.1, 0.15) is 29.5 Å². The summed E-state index contributed by atoms with van der Waals surface area (Å²) in [5, 5.41) is 13.5. The van der Waals surface area contributed by atoms with E-state index >= 15 is 0 Å². The number of hydrogen-bond donors (Lipinski definition) is 3. The first-order valence-corrected chi connectivity index (χ1v) is 11.9. The SMILES string of the molecule is CCC(=O)Nc1ccc(Sc2nc(Nc3cc(C)[nH]n3)cc(C(=O)N3CCN(C)CC3)n2)cc1. The minimum atomic E-state index is -0.115. The fraction of sp³-hybridized carbons (Fsp3) is 0.348. The lowest BCUT2D eigenvalue weighted by Crippen LogP contribution is -2.47. The minimum absolute atomic E-state index is 0.0387. The Morgan fingerprint density at radius 3 is 2.44 bits per heavy atom. The molecule has 0 radical (unpaired) electrons. The van der Waals surface area contributed by atoms with Crippen molar-refractivity contribution in [3.05, 3.63) is 47.8 Å². The fourth-order valence-corrected chi connectivity index (χ4v) is 4.16. The van der Waals surface area contributed by atoms with Gasteiger partial charge in [-0.2, -0.15) is 5.10 Å². The van der Waals surface area contributed by atoms with Gasteiger partial charge in [0.15, 0.2) is 11.0 Å². The molecule has 0 saturated carbocycles. The van der Waals surface area contributed by atoms with Gasteiger partial charge in [0.2, 0.25) is 5.91 Å². The summed E-state index contributed by atoms with van der Waals surface area (Å²) in [5.74, 6) is 0.953. The predicted octanol–water partition coefficient (Wildman–Crippen LogP) is 3.14. The van der Waals surface area contributed by atoms with Crippen LogP contribution in [-0.4, -0.2) is 75.0 Å². The number of rotatable bonds is 7. The zero-order valence-corrected chi connectivity index (χ0v) is 20.3. The lowest BCUT2D eigenvalue weighted by atomic mass is 10.2. The molecule has 34 heavy (non-hydrogen) atoms. The van der Waals surface area contributed by atoms with E-state index in [1.807, 2.05) is 56.1 Å². The van der Waals surface area contributed by atoms with E-state index in [4.69, 9.17) is 0 Å². The molecule has 0 bridgehead atoms. The number of nitrogens with one attached hydrogen (secondary N) is 3. The number of carbonyl (C=O) groups excluding carboxylic acids is 2. The molecule has 178 valence electrons. The predicted molar refractivity (Wildman–Crippen MR) is 132 cm³/mol. The van der Waals surface area contributed by atoms with E-state index in [-0.39, 0.29) is 11.8 Å². The second kappa shape index (κ2) is 10.7. The van der Waals surface area contributed by atoms with E-state index in [1.165, 1.54) is 11.8 Å². The molecule has 0 atom stereocenters. The van der Waals surface area contributed by atoms with Gasteiger partial charge in [0.1, 0.15) is 11.5 Å². The highest BCUT2D eigenvalue weighted by Crippen LogP contribution is 2.28. The van der Waals surface area contributed by atoms with Gasteiger partial charge in [0.05, 0.1) is 0 Å². The van der Waals surface area contributed by atoms with E-state index in [0.717, 1.165) is 29.4 Å². The lowest BCUT2D eigenvalue weighted by molar-refractivity contribution is -0.115. The molecule has 10 nitrogen and oxygen atoms in total. The van der Waals surface area contributed by atoms with Gasteiger partial charge in [-0.05, 0) is 50.0 Å². The zero-order valence-electron chi connectivity index (χ0n) is 19.5. The Morgan fingerprint density at radius 2 is 1.79 bits per heavy atom. The number of benzene rings is 1. The topological polar surface area (TPSA) is 119 Å². The van der Waals surface area contributed by atoms with E-state index in [1.54, 1.807) is 6.07 Å². The van der Waals surface area contributed by atoms with Crippen molar-refractivity contribution in [3.8, 4) is 0 Å². The van der Waals surface area contributed by atoms with E-state index in [0.29, 0.717) is 42.0 Å². The number of likely N-dealkylation sites (N-methyl/N-ethyl adjacent to an activating group) is 1. The molecule has 3 heterocycles. The summed E-state index contributed by atoms with van der Waals surface area (Å²) in [5.41, 5.74) is 1.98. The van der Waals surface area contributed by atoms with Gasteiger partial charge >= 0.3 is 0 Å². The van der Waals surface area contributed by atoms with Gasteiger partial charge in [-0.15, -0.1) is 0 Å². The normalized spacial score (nSPS) is 14.1. The Bertz CT molecular complexity index is 1160. The average molecular weight is 481 g/mol. The molecule has 0 aliphatic carbocycles. The molecular weight excluding hydrogens is 452 g/mol. The average Bonchev–Trinajstić information content (AvgIpc) is 3.24. The number of aryl methyl sites for hydroxylation is 1. The zero-order chi connectivity index (χ0) is 24.1. The van der Waals surface area contributed by atoms with Crippen LogP contribution in [0.3, 0.4) is 0 Å². The highest BCUT2D eigenvalue weighted by atomic mass is 32.2. The van der Waals surface area contributed by atoms with Crippen molar-refractivity contribution in [1.82, 2.24) is 30.0 Å². The van der Waals surface area contributed by atoms with Crippen LogP contribution in [0, 0.1) is 6.92 Å². The molecule has 1 saturated heterocycles. The maximum absolute atomic E-state index is 13.2. The molecule has 1 aromatic carbocycles. The number of H-pyrrole nitrogens is 1. The summed E-state index contributed by atoms with van der Waals surface area (Å²) in [6.45, 7) is 6.70. The van der Waals surface area contributed by atoms with Gasteiger partial charge < -0.3 is 20.4 Å². The first-order chi connectivity index (χ1) is 16.4. The van der Waals surface area contributed by atoms with Crippen LogP contribution in [0.15, 0.2) is 46.5 Å². The van der Waals surface area contributed by atoms with Crippen molar-refractivity contribution >= 4 is 40.9 Å². The molecule has 0 spiro atoms. The maximum Gasteiger partial charge on any atom is 0.272 e. The number of carbonyl (C=O) groups is 2. The van der Waals surface area contributed by atoms with Crippen LogP contribution < -0.4 is 10.6 Å². The summed E-state index contributed by atoms with van der Waals surface area (Å²) in [7, 11) is 2.05. The second-order valence-electron chi connectivity index (χ2n) is 8.11. The van der Waals surface area contributed by atoms with Gasteiger partial charge in [0, 0.05) is 61.0 Å². The van der Waals surface area contributed by atoms with Crippen molar-refractivity contribution in [2.24, 2.45) is 0 Å². The highest BCUT2D eigenvalue weighted by Gasteiger charge is 2.23. The Balaban J connectivity index is 1.57. The second-order valence-corrected chi connectivity index (χ2v) is 9.15. The summed E-state index contributed by atoms with van der Waals surface area (Å²) < 4.78 is 0. The molecule has 1 aliphatic heterocycles. The molecule has 3 N–H and O–H groups in total. The van der Waals surface area contributed by atoms with Crippen LogP contribution in [0.2, 0.25) is 0 Å². The van der Waals surface area contributed by atoms with Crippen molar-refractivity contribution < 1.29 is 9.59 Å². The monoisotopic (exact) mass is 480 g/mol. The number of aromatic amines is 1. The summed E-state index contributed by atoms with van der Waals surface area (Å²) in [6, 6.07) is 11.0. The van der Waals surface area contributed by atoms with E-state index < -0.39 is 0 Å². The van der Waals surface area contributed by atoms with Gasteiger partial charge in [-0.25, -0.2) is 9.97 Å². The van der Waals surface area contributed by atoms with Crippen LogP contribution in [-0.2, 0) is 4.79 Å². The summed E-state index contributed by atoms with van der Waals surface area (Å²) in [4.78, 5) is 38.9. The van der Waals surface area contributed by atoms with Crippen molar-refractivity contribution in [2.45, 2.75) is 30.3 Å². The van der Waals surface area contributed by atoms with Crippen LogP contribution in [0.4, 0.5) is 17.3 Å². The number of hydrogen-bond acceptors (Lipinski definition) is 8. The van der Waals surface area contributed by atoms with Crippen molar-refractivity contribution in [2.75, 3.05) is 43.9 Å². The van der Waals surface area contributed by atoms with Crippen LogP contribution in [0.5, 0.6) is 0 Å². The molecule has 3 aromatic rings. The Morgan fingerprint density at radius 1 is 1.06 bits per heavy atom. The maximum atomic E-state index is 13.2. The van der Waals surface area contributed by atoms with E-state index in [2.05, 4.69) is 35.7 Å². The van der Waals surface area contributed by atoms with Gasteiger partial charge in [-0.3, -0.25) is 14.7 Å². The number of aromatic nitrogens is 4. The number of piperazine rings is 1. The smallest absolute Gasteiger partial charge is 0.272 e. The van der Waals surface area contributed by atoms with Gasteiger partial charge in [-0.1, -0.05) is 6.92 Å². The minimum Gasteiger partial charge on any atom is -0.335 e. The van der Waals surface area contributed by atoms with Crippen molar-refractivity contribution in [3.63, 3.8) is 0 Å². The van der Waals surface area contributed by atoms with Crippen LogP contribution >= 0.6 is 11.8 Å². The molecule has 1 fully saturated rings. The lowest BCUT2D eigenvalue weighted by Gasteiger charge is -2.32. The molecule has 0 unspecified atom stereocenters. The third-order valence-corrected chi connectivity index (χ3v) is 6.22. The molecule has 1 aliphatic rings. The molecule has 11 heteroatoms. The number of amides is 2. The standard InChI is InChI=1S/C23H28N8O2S/c1-4-21(32)24-16-5-7-17(8-6-16)34-23-25-18(22(33)31-11-9-30(3)10-12-31)14-19(27-23)26-20-13-15(2)28-29-20/h5-8,13-14H,4,9-12H2,1-3H3,(H,24,32)(H2,25,26,27,28,29). The number of nitrogens with zero attached hydrogens (tertiary/aromatic N) is 5. The number of anilines is 3. The third kappa shape index (κ3) is 6.12. The first kappa shape index (κ1) is 23.7. The van der Waals surface area contributed by atoms with E-state index in [9.17, 15) is 9.59 Å². The summed E-state index contributed by atoms with van der Waals surface area (Å²) in [6.07, 6.45) is 0.420. The Kier molecular flexibility index (Phi) is 7.43. The third-order valence-electron chi connectivity index (χ3n) is 5.35. The first-order valence-electron chi connectivity index (χ1n) is 11.1. The highest BCUT2D eigenvalue weighted by molar-refractivity contribution is 7.99. The quantitative estimate of drug-likeness (QED) is 0.441. The van der Waals surface area contributed by atoms with Crippen molar-refractivity contribution in [1.29, 1.82) is 0 Å². The molecule has 2 amide bonds. The molecule has 2 aromatic heterocycles. The van der Waals surface area contributed by atoms with Gasteiger partial charge in [0.25, 0.3) is 5.91 Å².